The lowest BCUT2D eigenvalue weighted by atomic mass is 9.85. The Morgan fingerprint density at radius 2 is 2.04 bits per heavy atom. The molecule has 0 aromatic carbocycles. The zero-order valence-corrected chi connectivity index (χ0v) is 16.5. The van der Waals surface area contributed by atoms with Crippen LogP contribution in [0.25, 0.3) is 0 Å². The minimum absolute atomic E-state index is 0.0733. The van der Waals surface area contributed by atoms with Crippen molar-refractivity contribution in [2.24, 2.45) is 14.1 Å². The fourth-order valence-electron chi connectivity index (χ4n) is 3.31. The van der Waals surface area contributed by atoms with Gasteiger partial charge in [-0.05, 0) is 30.9 Å². The van der Waals surface area contributed by atoms with Crippen LogP contribution in [0, 0.1) is 6.92 Å². The summed E-state index contributed by atoms with van der Waals surface area (Å²) in [6, 6.07) is 1.94. The number of nitrogens with zero attached hydrogens (tertiary/aromatic N) is 2. The number of carbonyl (C=O) groups excluding carboxylic acids is 1. The molecule has 0 saturated heterocycles. The van der Waals surface area contributed by atoms with Gasteiger partial charge in [0, 0.05) is 24.7 Å². The van der Waals surface area contributed by atoms with Crippen LogP contribution in [0.2, 0.25) is 0 Å². The van der Waals surface area contributed by atoms with Gasteiger partial charge >= 0.3 is 11.7 Å². The zero-order valence-electron chi connectivity index (χ0n) is 15.7. The van der Waals surface area contributed by atoms with E-state index < -0.39 is 23.1 Å². The van der Waals surface area contributed by atoms with Gasteiger partial charge < -0.3 is 10.1 Å². The number of anilines is 1. The van der Waals surface area contributed by atoms with E-state index in [1.807, 2.05) is 18.4 Å². The number of thiophene rings is 1. The predicted octanol–water partition coefficient (Wildman–Crippen LogP) is 2.01. The fourth-order valence-corrected chi connectivity index (χ4v) is 4.36. The van der Waals surface area contributed by atoms with E-state index >= 15 is 0 Å². The molecule has 1 unspecified atom stereocenters. The van der Waals surface area contributed by atoms with Crippen LogP contribution in [0.1, 0.15) is 28.8 Å². The molecule has 1 atom stereocenters. The molecule has 0 radical (unpaired) electrons. The van der Waals surface area contributed by atoms with Crippen molar-refractivity contribution in [2.45, 2.75) is 19.8 Å². The largest absolute Gasteiger partial charge is 0.458 e. The molecule has 2 aromatic rings. The molecule has 1 aliphatic rings. The van der Waals surface area contributed by atoms with Crippen LogP contribution in [-0.4, -0.2) is 21.7 Å². The van der Waals surface area contributed by atoms with Crippen molar-refractivity contribution >= 4 is 23.1 Å². The summed E-state index contributed by atoms with van der Waals surface area (Å²) in [5, 5.41) is 4.98. The Kier molecular flexibility index (Phi) is 4.93. The molecular weight excluding hydrogens is 366 g/mol. The van der Waals surface area contributed by atoms with E-state index in [1.165, 1.54) is 29.0 Å². The molecule has 0 spiro atoms. The van der Waals surface area contributed by atoms with Crippen LogP contribution in [0.4, 0.5) is 5.82 Å². The van der Waals surface area contributed by atoms with Gasteiger partial charge in [0.15, 0.2) is 0 Å². The van der Waals surface area contributed by atoms with Gasteiger partial charge in [-0.3, -0.25) is 13.9 Å². The van der Waals surface area contributed by atoms with Gasteiger partial charge in [-0.2, -0.15) is 0 Å². The van der Waals surface area contributed by atoms with Crippen LogP contribution in [0.15, 0.2) is 45.0 Å². The molecule has 0 saturated carbocycles. The molecule has 2 aromatic heterocycles. The Labute approximate surface area is 160 Å². The van der Waals surface area contributed by atoms with Crippen molar-refractivity contribution in [3.05, 3.63) is 72.2 Å². The molecule has 0 aliphatic carbocycles. The zero-order chi connectivity index (χ0) is 19.9. The maximum Gasteiger partial charge on any atom is 0.337 e. The van der Waals surface area contributed by atoms with Crippen LogP contribution in [-0.2, 0) is 23.6 Å². The summed E-state index contributed by atoms with van der Waals surface area (Å²) in [5.74, 6) is -0.720. The lowest BCUT2D eigenvalue weighted by Crippen LogP contribution is -2.43. The molecule has 1 N–H and O–H groups in total. The molecule has 27 heavy (non-hydrogen) atoms. The van der Waals surface area contributed by atoms with Gasteiger partial charge in [-0.1, -0.05) is 12.7 Å². The summed E-state index contributed by atoms with van der Waals surface area (Å²) in [5.41, 5.74) is 1.39. The second kappa shape index (κ2) is 7.03. The van der Waals surface area contributed by atoms with Crippen molar-refractivity contribution in [3.63, 3.8) is 0 Å². The standard InChI is InChI=1S/C19H21N3O4S/c1-6-8-26-18(24)12-11(3)20-16-14(13(12)15-10(2)7-9-27-15)17(23)22(5)19(25)21(16)4/h6-7,9,13,20H,1,8H2,2-5H3. The van der Waals surface area contributed by atoms with Crippen LogP contribution in [0.5, 0.6) is 0 Å². The topological polar surface area (TPSA) is 82.3 Å². The summed E-state index contributed by atoms with van der Waals surface area (Å²) in [7, 11) is 3.03. The van der Waals surface area contributed by atoms with Crippen molar-refractivity contribution in [1.82, 2.24) is 9.13 Å². The van der Waals surface area contributed by atoms with Gasteiger partial charge in [-0.25, -0.2) is 9.59 Å². The monoisotopic (exact) mass is 387 g/mol. The molecule has 3 rings (SSSR count). The van der Waals surface area contributed by atoms with E-state index in [4.69, 9.17) is 4.74 Å². The summed E-state index contributed by atoms with van der Waals surface area (Å²) in [6.07, 6.45) is 1.49. The lowest BCUT2D eigenvalue weighted by Gasteiger charge is -2.30. The van der Waals surface area contributed by atoms with E-state index in [0.29, 0.717) is 22.7 Å². The Morgan fingerprint density at radius 3 is 2.63 bits per heavy atom. The number of fused-ring (bicyclic) bond motifs is 1. The quantitative estimate of drug-likeness (QED) is 0.641. The maximum atomic E-state index is 13.0. The van der Waals surface area contributed by atoms with Gasteiger partial charge in [0.1, 0.15) is 12.4 Å². The third kappa shape index (κ3) is 2.95. The van der Waals surface area contributed by atoms with Gasteiger partial charge in [0.2, 0.25) is 0 Å². The number of aromatic nitrogens is 2. The lowest BCUT2D eigenvalue weighted by molar-refractivity contribution is -0.138. The number of allylic oxidation sites excluding steroid dienone is 1. The first-order chi connectivity index (χ1) is 12.8. The summed E-state index contributed by atoms with van der Waals surface area (Å²) < 4.78 is 7.73. The molecule has 3 heterocycles. The molecular formula is C19H21N3O4S. The Hall–Kier alpha value is -2.87. The summed E-state index contributed by atoms with van der Waals surface area (Å²) in [6.45, 7) is 7.31. The normalized spacial score (nSPS) is 15.9. The fraction of sp³-hybridized carbons (Fsp3) is 0.316. The second-order valence-corrected chi connectivity index (χ2v) is 7.37. The van der Waals surface area contributed by atoms with E-state index in [2.05, 4.69) is 11.9 Å². The first kappa shape index (κ1) is 18.9. The Balaban J connectivity index is 2.35. The van der Waals surface area contributed by atoms with Crippen molar-refractivity contribution in [3.8, 4) is 0 Å². The van der Waals surface area contributed by atoms with Gasteiger partial charge in [0.05, 0.1) is 17.1 Å². The average molecular weight is 387 g/mol. The molecule has 142 valence electrons. The SMILES string of the molecule is C=CCOC(=O)C1=C(C)Nc2c(c(=O)n(C)c(=O)n2C)C1c1sccc1C. The molecule has 0 bridgehead atoms. The Morgan fingerprint density at radius 1 is 1.33 bits per heavy atom. The minimum Gasteiger partial charge on any atom is -0.458 e. The van der Waals surface area contributed by atoms with Crippen molar-refractivity contribution < 1.29 is 9.53 Å². The first-order valence-corrected chi connectivity index (χ1v) is 9.27. The highest BCUT2D eigenvalue weighted by molar-refractivity contribution is 7.10. The number of hydrogen-bond donors (Lipinski definition) is 1. The highest BCUT2D eigenvalue weighted by Gasteiger charge is 2.38. The van der Waals surface area contributed by atoms with Crippen LogP contribution < -0.4 is 16.6 Å². The van der Waals surface area contributed by atoms with Gasteiger partial charge in [0.25, 0.3) is 5.56 Å². The molecule has 0 amide bonds. The number of aryl methyl sites for hydroxylation is 1. The maximum absolute atomic E-state index is 13.0. The number of carbonyl (C=O) groups is 1. The number of hydrogen-bond acceptors (Lipinski definition) is 6. The van der Waals surface area contributed by atoms with E-state index in [1.54, 1.807) is 14.0 Å². The minimum atomic E-state index is -0.607. The number of ether oxygens (including phenoxy) is 1. The number of esters is 1. The van der Waals surface area contributed by atoms with Crippen LogP contribution in [0.3, 0.4) is 0 Å². The highest BCUT2D eigenvalue weighted by Crippen LogP contribution is 2.42. The Bertz CT molecular complexity index is 1090. The molecule has 8 heteroatoms. The molecule has 7 nitrogen and oxygen atoms in total. The second-order valence-electron chi connectivity index (χ2n) is 6.42. The highest BCUT2D eigenvalue weighted by atomic mass is 32.1. The van der Waals surface area contributed by atoms with E-state index in [-0.39, 0.29) is 6.61 Å². The first-order valence-electron chi connectivity index (χ1n) is 8.39. The molecule has 0 fully saturated rings. The van der Waals surface area contributed by atoms with E-state index in [9.17, 15) is 14.4 Å². The number of rotatable bonds is 4. The van der Waals surface area contributed by atoms with Crippen LogP contribution >= 0.6 is 11.3 Å². The van der Waals surface area contributed by atoms with E-state index in [0.717, 1.165) is 15.0 Å². The average Bonchev–Trinajstić information content (AvgIpc) is 3.07. The summed E-state index contributed by atoms with van der Waals surface area (Å²) >= 11 is 1.47. The molecule has 1 aliphatic heterocycles. The third-order valence-electron chi connectivity index (χ3n) is 4.70. The third-order valence-corrected chi connectivity index (χ3v) is 5.79. The number of nitrogens with one attached hydrogen (secondary N) is 1. The predicted molar refractivity (Wildman–Crippen MR) is 105 cm³/mol. The van der Waals surface area contributed by atoms with Crippen molar-refractivity contribution in [1.29, 1.82) is 0 Å². The van der Waals surface area contributed by atoms with Crippen molar-refractivity contribution in [2.75, 3.05) is 11.9 Å². The smallest absolute Gasteiger partial charge is 0.337 e. The van der Waals surface area contributed by atoms with Gasteiger partial charge in [-0.15, -0.1) is 11.3 Å². The summed E-state index contributed by atoms with van der Waals surface area (Å²) in [4.78, 5) is 39.0.